The summed E-state index contributed by atoms with van der Waals surface area (Å²) in [5, 5.41) is 9.19. The highest BCUT2D eigenvalue weighted by Crippen LogP contribution is 2.47. The normalized spacial score (nSPS) is 11.7. The molecule has 3 nitrogen and oxygen atoms in total. The molecule has 13 aromatic rings. The van der Waals surface area contributed by atoms with Crippen molar-refractivity contribution < 1.29 is 8.83 Å². The van der Waals surface area contributed by atoms with E-state index in [0.29, 0.717) is 0 Å². The topological polar surface area (TPSA) is 29.5 Å². The minimum absolute atomic E-state index is 0.835. The lowest BCUT2D eigenvalue weighted by atomic mass is 9.90. The van der Waals surface area contributed by atoms with Crippen molar-refractivity contribution in [3.05, 3.63) is 237 Å². The molecule has 2 heterocycles. The molecule has 65 heavy (non-hydrogen) atoms. The molecule has 11 aromatic carbocycles. The molecule has 0 spiro atoms. The average molecular weight is 830 g/mol. The van der Waals surface area contributed by atoms with Gasteiger partial charge in [0.1, 0.15) is 22.3 Å². The SMILES string of the molecule is c1ccc(-c2ccc(N(c3ccc(-c4ccccc4)cc3)c3ccc(-c4cc(-c5cc6ccccc6c6ccccc56)cc5c4oc4ccc6oc7ccccc7c6c45)cc3)cc2)cc1. The van der Waals surface area contributed by atoms with Gasteiger partial charge in [-0.15, -0.1) is 0 Å². The number of furan rings is 2. The predicted molar refractivity (Wildman–Crippen MR) is 272 cm³/mol. The maximum atomic E-state index is 6.97. The first-order chi connectivity index (χ1) is 32.2. The molecule has 0 amide bonds. The Kier molecular flexibility index (Phi) is 8.53. The van der Waals surface area contributed by atoms with Crippen molar-refractivity contribution in [1.82, 2.24) is 0 Å². The molecule has 0 N–H and O–H groups in total. The highest BCUT2D eigenvalue weighted by molar-refractivity contribution is 6.27. The third-order valence-corrected chi connectivity index (χ3v) is 13.1. The van der Waals surface area contributed by atoms with E-state index in [0.717, 1.165) is 77.6 Å². The number of hydrogen-bond acceptors (Lipinski definition) is 3. The number of fused-ring (bicyclic) bond motifs is 10. The van der Waals surface area contributed by atoms with Gasteiger partial charge in [0.15, 0.2) is 0 Å². The van der Waals surface area contributed by atoms with Gasteiger partial charge in [0.2, 0.25) is 0 Å². The van der Waals surface area contributed by atoms with Crippen molar-refractivity contribution in [3.8, 4) is 44.5 Å². The standard InChI is InChI=1S/C62H39NO2/c1-3-13-40(14-4-1)42-23-29-47(30-24-42)63(48-31-25-43(26-32-48)41-15-5-2-6-16-41)49-33-27-44(28-34-49)55-38-46(54-37-45-17-7-8-18-50(45)51-19-9-10-20-52(51)54)39-56-61-59(65-62(55)56)36-35-58-60(61)53-21-11-12-22-57(53)64-58/h1-39H. The molecule has 0 saturated carbocycles. The van der Waals surface area contributed by atoms with Gasteiger partial charge in [-0.05, 0) is 133 Å². The van der Waals surface area contributed by atoms with Gasteiger partial charge in [-0.25, -0.2) is 0 Å². The van der Waals surface area contributed by atoms with E-state index in [1.165, 1.54) is 49.4 Å². The summed E-state index contributed by atoms with van der Waals surface area (Å²) in [6, 6.07) is 84.6. The summed E-state index contributed by atoms with van der Waals surface area (Å²) in [4.78, 5) is 2.34. The number of rotatable bonds is 7. The van der Waals surface area contributed by atoms with E-state index in [1.54, 1.807) is 0 Å². The van der Waals surface area contributed by atoms with Crippen LogP contribution in [0.1, 0.15) is 0 Å². The Balaban J connectivity index is 1.00. The van der Waals surface area contributed by atoms with Crippen LogP contribution in [0.15, 0.2) is 245 Å². The molecule has 13 rings (SSSR count). The summed E-state index contributed by atoms with van der Waals surface area (Å²) in [5.41, 5.74) is 15.8. The van der Waals surface area contributed by atoms with Gasteiger partial charge in [-0.3, -0.25) is 0 Å². The number of hydrogen-bond donors (Lipinski definition) is 0. The molecule has 2 aromatic heterocycles. The molecule has 0 aliphatic heterocycles. The van der Waals surface area contributed by atoms with Gasteiger partial charge in [0.05, 0.1) is 0 Å². The zero-order chi connectivity index (χ0) is 42.8. The predicted octanol–water partition coefficient (Wildman–Crippen LogP) is 17.9. The van der Waals surface area contributed by atoms with E-state index < -0.39 is 0 Å². The van der Waals surface area contributed by atoms with Crippen LogP contribution in [0.5, 0.6) is 0 Å². The maximum absolute atomic E-state index is 6.97. The second-order valence-corrected chi connectivity index (χ2v) is 16.8. The van der Waals surface area contributed by atoms with Gasteiger partial charge in [0.25, 0.3) is 0 Å². The van der Waals surface area contributed by atoms with Gasteiger partial charge >= 0.3 is 0 Å². The highest BCUT2D eigenvalue weighted by Gasteiger charge is 2.22. The summed E-state index contributed by atoms with van der Waals surface area (Å²) >= 11 is 0. The molecular weight excluding hydrogens is 791 g/mol. The lowest BCUT2D eigenvalue weighted by Gasteiger charge is -2.26. The van der Waals surface area contributed by atoms with Crippen molar-refractivity contribution in [2.24, 2.45) is 0 Å². The molecule has 0 atom stereocenters. The average Bonchev–Trinajstić information content (AvgIpc) is 3.95. The van der Waals surface area contributed by atoms with E-state index in [9.17, 15) is 0 Å². The van der Waals surface area contributed by atoms with Crippen molar-refractivity contribution in [3.63, 3.8) is 0 Å². The number of anilines is 3. The van der Waals surface area contributed by atoms with Crippen LogP contribution >= 0.6 is 0 Å². The van der Waals surface area contributed by atoms with Crippen LogP contribution in [0.25, 0.3) is 110 Å². The third-order valence-electron chi connectivity index (χ3n) is 13.1. The van der Waals surface area contributed by atoms with Crippen molar-refractivity contribution in [2.75, 3.05) is 4.90 Å². The first kappa shape index (κ1) is 36.9. The number of benzene rings is 11. The molecule has 0 radical (unpaired) electrons. The van der Waals surface area contributed by atoms with Crippen LogP contribution in [0.3, 0.4) is 0 Å². The highest BCUT2D eigenvalue weighted by atomic mass is 16.3. The molecule has 0 aliphatic carbocycles. The fraction of sp³-hybridized carbons (Fsp3) is 0. The van der Waals surface area contributed by atoms with E-state index >= 15 is 0 Å². The van der Waals surface area contributed by atoms with Crippen LogP contribution in [0.2, 0.25) is 0 Å². The van der Waals surface area contributed by atoms with E-state index in [4.69, 9.17) is 8.83 Å². The lowest BCUT2D eigenvalue weighted by molar-refractivity contribution is 0.663. The van der Waals surface area contributed by atoms with Crippen molar-refractivity contribution >= 4 is 82.5 Å². The van der Waals surface area contributed by atoms with Crippen LogP contribution in [0, 0.1) is 0 Å². The molecule has 3 heteroatoms. The Hall–Kier alpha value is -8.66. The Morgan fingerprint density at radius 3 is 1.37 bits per heavy atom. The summed E-state index contributed by atoms with van der Waals surface area (Å²) in [5.74, 6) is 0. The van der Waals surface area contributed by atoms with Gasteiger partial charge in [-0.1, -0.05) is 164 Å². The molecule has 0 unspecified atom stereocenters. The zero-order valence-corrected chi connectivity index (χ0v) is 35.3. The minimum Gasteiger partial charge on any atom is -0.456 e. The quantitative estimate of drug-likeness (QED) is 0.150. The zero-order valence-electron chi connectivity index (χ0n) is 35.3. The second kappa shape index (κ2) is 15.0. The molecule has 0 bridgehead atoms. The van der Waals surface area contributed by atoms with E-state index in [1.807, 2.05) is 18.2 Å². The van der Waals surface area contributed by atoms with Crippen molar-refractivity contribution in [2.45, 2.75) is 0 Å². The lowest BCUT2D eigenvalue weighted by Crippen LogP contribution is -2.09. The smallest absolute Gasteiger partial charge is 0.143 e. The summed E-state index contributed by atoms with van der Waals surface area (Å²) < 4.78 is 13.4. The summed E-state index contributed by atoms with van der Waals surface area (Å²) in [6.07, 6.45) is 0. The minimum atomic E-state index is 0.835. The van der Waals surface area contributed by atoms with Crippen molar-refractivity contribution in [1.29, 1.82) is 0 Å². The third kappa shape index (κ3) is 6.20. The summed E-state index contributed by atoms with van der Waals surface area (Å²) in [6.45, 7) is 0. The van der Waals surface area contributed by atoms with Gasteiger partial charge < -0.3 is 13.7 Å². The Morgan fingerprint density at radius 2 is 0.738 bits per heavy atom. The molecular formula is C62H39NO2. The molecule has 304 valence electrons. The largest absolute Gasteiger partial charge is 0.456 e. The number of para-hydroxylation sites is 1. The fourth-order valence-corrected chi connectivity index (χ4v) is 9.95. The second-order valence-electron chi connectivity index (χ2n) is 16.8. The Labute approximate surface area is 375 Å². The first-order valence-corrected chi connectivity index (χ1v) is 22.1. The van der Waals surface area contributed by atoms with Gasteiger partial charge in [0, 0.05) is 44.2 Å². The maximum Gasteiger partial charge on any atom is 0.143 e. The summed E-state index contributed by atoms with van der Waals surface area (Å²) in [7, 11) is 0. The van der Waals surface area contributed by atoms with Crippen LogP contribution in [0.4, 0.5) is 17.1 Å². The van der Waals surface area contributed by atoms with Crippen LogP contribution < -0.4 is 4.90 Å². The first-order valence-electron chi connectivity index (χ1n) is 22.1. The van der Waals surface area contributed by atoms with E-state index in [2.05, 4.69) is 223 Å². The Morgan fingerprint density at radius 1 is 0.262 bits per heavy atom. The number of nitrogens with zero attached hydrogens (tertiary/aromatic N) is 1. The monoisotopic (exact) mass is 829 g/mol. The molecule has 0 aliphatic rings. The van der Waals surface area contributed by atoms with Gasteiger partial charge in [-0.2, -0.15) is 0 Å². The fourth-order valence-electron chi connectivity index (χ4n) is 9.95. The Bertz CT molecular complexity index is 3820. The molecule has 0 fully saturated rings. The van der Waals surface area contributed by atoms with Crippen LogP contribution in [-0.2, 0) is 0 Å². The van der Waals surface area contributed by atoms with Crippen LogP contribution in [-0.4, -0.2) is 0 Å². The molecule has 0 saturated heterocycles. The van der Waals surface area contributed by atoms with E-state index in [-0.39, 0.29) is 0 Å².